The summed E-state index contributed by atoms with van der Waals surface area (Å²) in [7, 11) is 0. The van der Waals surface area contributed by atoms with Crippen LogP contribution in [0.5, 0.6) is 0 Å². The maximum Gasteiger partial charge on any atom is 0.294 e. The molecule has 0 saturated heterocycles. The van der Waals surface area contributed by atoms with E-state index in [2.05, 4.69) is 4.98 Å². The van der Waals surface area contributed by atoms with Crippen LogP contribution in [0.25, 0.3) is 0 Å². The average Bonchev–Trinajstić information content (AvgIpc) is 3.04. The summed E-state index contributed by atoms with van der Waals surface area (Å²) in [6.07, 6.45) is 3.89. The number of carbonyl (C=O) groups is 2. The number of ketones is 1. The number of amides is 1. The molecule has 5 nitrogen and oxygen atoms in total. The van der Waals surface area contributed by atoms with E-state index in [4.69, 9.17) is 11.6 Å². The van der Waals surface area contributed by atoms with E-state index in [1.165, 1.54) is 4.90 Å². The van der Waals surface area contributed by atoms with Gasteiger partial charge in [0, 0.05) is 29.5 Å². The predicted molar refractivity (Wildman–Crippen MR) is 115 cm³/mol. The summed E-state index contributed by atoms with van der Waals surface area (Å²) < 4.78 is 0. The maximum atomic E-state index is 13.2. The highest BCUT2D eigenvalue weighted by Crippen LogP contribution is 2.41. The van der Waals surface area contributed by atoms with Crippen LogP contribution in [0, 0.1) is 0 Å². The van der Waals surface area contributed by atoms with Gasteiger partial charge in [-0.3, -0.25) is 19.5 Å². The molecule has 0 aliphatic carbocycles. The maximum absolute atomic E-state index is 13.2. The van der Waals surface area contributed by atoms with Gasteiger partial charge in [-0.1, -0.05) is 48.0 Å². The van der Waals surface area contributed by atoms with Gasteiger partial charge in [-0.25, -0.2) is 0 Å². The number of nitrogens with zero attached hydrogens (tertiary/aromatic N) is 2. The number of aliphatic hydroxyl groups excluding tert-OH is 1. The summed E-state index contributed by atoms with van der Waals surface area (Å²) in [5.74, 6) is -1.41. The van der Waals surface area contributed by atoms with Gasteiger partial charge in [-0.2, -0.15) is 0 Å². The zero-order chi connectivity index (χ0) is 21.1. The SMILES string of the molecule is O=C(CCc1ccccc1)C1=C(O)C(=O)N(c2cccc(Cl)c2)C1c1ccncc1. The van der Waals surface area contributed by atoms with Crippen molar-refractivity contribution in [2.24, 2.45) is 0 Å². The molecule has 1 aliphatic rings. The first-order valence-electron chi connectivity index (χ1n) is 9.55. The highest BCUT2D eigenvalue weighted by atomic mass is 35.5. The largest absolute Gasteiger partial charge is 0.503 e. The van der Waals surface area contributed by atoms with Crippen LogP contribution in [0.15, 0.2) is 90.5 Å². The molecule has 0 saturated carbocycles. The lowest BCUT2D eigenvalue weighted by Gasteiger charge is -2.27. The molecular formula is C24H19ClN2O3. The first kappa shape index (κ1) is 19.9. The molecule has 1 N–H and O–H groups in total. The molecule has 30 heavy (non-hydrogen) atoms. The van der Waals surface area contributed by atoms with Crippen LogP contribution in [0.2, 0.25) is 5.02 Å². The van der Waals surface area contributed by atoms with Gasteiger partial charge < -0.3 is 5.11 Å². The molecule has 0 bridgehead atoms. The van der Waals surface area contributed by atoms with Gasteiger partial charge in [0.25, 0.3) is 5.91 Å². The Morgan fingerprint density at radius 3 is 2.47 bits per heavy atom. The monoisotopic (exact) mass is 418 g/mol. The smallest absolute Gasteiger partial charge is 0.294 e. The zero-order valence-electron chi connectivity index (χ0n) is 16.0. The second-order valence-corrected chi connectivity index (χ2v) is 7.45. The quantitative estimate of drug-likeness (QED) is 0.622. The van der Waals surface area contributed by atoms with E-state index in [1.54, 1.807) is 48.8 Å². The number of carbonyl (C=O) groups excluding carboxylic acids is 2. The van der Waals surface area contributed by atoms with Crippen LogP contribution >= 0.6 is 11.6 Å². The number of pyridine rings is 1. The van der Waals surface area contributed by atoms with Crippen molar-refractivity contribution in [1.82, 2.24) is 4.98 Å². The summed E-state index contributed by atoms with van der Waals surface area (Å²) in [4.78, 5) is 31.6. The molecule has 2 aromatic carbocycles. The van der Waals surface area contributed by atoms with Crippen molar-refractivity contribution in [3.63, 3.8) is 0 Å². The Hall–Kier alpha value is -3.44. The molecule has 1 amide bonds. The van der Waals surface area contributed by atoms with Gasteiger partial charge in [0.05, 0.1) is 11.6 Å². The van der Waals surface area contributed by atoms with Crippen molar-refractivity contribution in [3.05, 3.63) is 107 Å². The molecule has 0 radical (unpaired) electrons. The third kappa shape index (κ3) is 3.84. The number of aromatic nitrogens is 1. The van der Waals surface area contributed by atoms with Crippen LogP contribution in [0.4, 0.5) is 5.69 Å². The molecule has 0 spiro atoms. The summed E-state index contributed by atoms with van der Waals surface area (Å²) in [6, 6.07) is 19.1. The molecule has 4 rings (SSSR count). The lowest BCUT2D eigenvalue weighted by atomic mass is 9.93. The Bertz CT molecular complexity index is 1110. The van der Waals surface area contributed by atoms with Crippen LogP contribution in [-0.4, -0.2) is 21.8 Å². The second-order valence-electron chi connectivity index (χ2n) is 7.01. The van der Waals surface area contributed by atoms with Crippen molar-refractivity contribution in [3.8, 4) is 0 Å². The number of hydrogen-bond acceptors (Lipinski definition) is 4. The standard InChI is InChI=1S/C24H19ClN2O3/c25-18-7-4-8-19(15-18)27-22(17-11-13-26-14-12-17)21(23(29)24(27)30)20(28)10-9-16-5-2-1-3-6-16/h1-8,11-15,22,29H,9-10H2. The minimum atomic E-state index is -0.748. The Kier molecular flexibility index (Phi) is 5.63. The average molecular weight is 419 g/mol. The Morgan fingerprint density at radius 2 is 1.77 bits per heavy atom. The zero-order valence-corrected chi connectivity index (χ0v) is 16.8. The number of anilines is 1. The lowest BCUT2D eigenvalue weighted by molar-refractivity contribution is -0.118. The second kappa shape index (κ2) is 8.51. The van der Waals surface area contributed by atoms with Gasteiger partial charge in [0.15, 0.2) is 11.5 Å². The number of Topliss-reactive ketones (excluding diaryl/α,β-unsaturated/α-hetero) is 1. The number of hydrogen-bond donors (Lipinski definition) is 1. The molecule has 1 atom stereocenters. The van der Waals surface area contributed by atoms with Gasteiger partial charge in [-0.15, -0.1) is 0 Å². The Labute approximate surface area is 179 Å². The van der Waals surface area contributed by atoms with Crippen molar-refractivity contribution in [2.75, 3.05) is 4.90 Å². The Balaban J connectivity index is 1.72. The van der Waals surface area contributed by atoms with Gasteiger partial charge >= 0.3 is 0 Å². The number of aryl methyl sites for hydroxylation is 1. The molecule has 3 aromatic rings. The molecule has 0 fully saturated rings. The minimum absolute atomic E-state index is 0.0992. The lowest BCUT2D eigenvalue weighted by Crippen LogP contribution is -2.31. The fourth-order valence-corrected chi connectivity index (χ4v) is 3.87. The van der Waals surface area contributed by atoms with E-state index in [1.807, 2.05) is 30.3 Å². The normalized spacial score (nSPS) is 16.2. The van der Waals surface area contributed by atoms with E-state index < -0.39 is 17.7 Å². The fourth-order valence-electron chi connectivity index (χ4n) is 3.68. The van der Waals surface area contributed by atoms with E-state index >= 15 is 0 Å². The van der Waals surface area contributed by atoms with Gasteiger partial charge in [0.1, 0.15) is 0 Å². The number of halogens is 1. The third-order valence-corrected chi connectivity index (χ3v) is 5.34. The van der Waals surface area contributed by atoms with Crippen molar-refractivity contribution in [2.45, 2.75) is 18.9 Å². The summed E-state index contributed by atoms with van der Waals surface area (Å²) in [5.41, 5.74) is 2.31. The topological polar surface area (TPSA) is 70.5 Å². The van der Waals surface area contributed by atoms with Crippen molar-refractivity contribution < 1.29 is 14.7 Å². The van der Waals surface area contributed by atoms with Crippen molar-refractivity contribution in [1.29, 1.82) is 0 Å². The first-order valence-corrected chi connectivity index (χ1v) is 9.93. The molecule has 6 heteroatoms. The number of benzene rings is 2. The van der Waals surface area contributed by atoms with E-state index in [-0.39, 0.29) is 17.8 Å². The van der Waals surface area contributed by atoms with E-state index in [9.17, 15) is 14.7 Å². The molecule has 1 aromatic heterocycles. The summed E-state index contributed by atoms with van der Waals surface area (Å²) >= 11 is 6.13. The van der Waals surface area contributed by atoms with Crippen molar-refractivity contribution >= 4 is 29.0 Å². The molecule has 2 heterocycles. The van der Waals surface area contributed by atoms with Crippen LogP contribution in [0.3, 0.4) is 0 Å². The van der Waals surface area contributed by atoms with Crippen LogP contribution in [0.1, 0.15) is 23.6 Å². The number of aliphatic hydroxyl groups is 1. The highest BCUT2D eigenvalue weighted by Gasteiger charge is 2.44. The summed E-state index contributed by atoms with van der Waals surface area (Å²) in [5, 5.41) is 11.1. The third-order valence-electron chi connectivity index (χ3n) is 5.10. The minimum Gasteiger partial charge on any atom is -0.503 e. The van der Waals surface area contributed by atoms with E-state index in [0.29, 0.717) is 22.7 Å². The number of rotatable bonds is 6. The fraction of sp³-hybridized carbons (Fsp3) is 0.125. The van der Waals surface area contributed by atoms with Gasteiger partial charge in [0.2, 0.25) is 0 Å². The van der Waals surface area contributed by atoms with Crippen LogP contribution < -0.4 is 4.90 Å². The molecular weight excluding hydrogens is 400 g/mol. The molecule has 1 aliphatic heterocycles. The van der Waals surface area contributed by atoms with Gasteiger partial charge in [-0.05, 0) is 47.9 Å². The molecule has 1 unspecified atom stereocenters. The molecule has 150 valence electrons. The van der Waals surface area contributed by atoms with Crippen LogP contribution in [-0.2, 0) is 16.0 Å². The first-order chi connectivity index (χ1) is 14.6. The summed E-state index contributed by atoms with van der Waals surface area (Å²) in [6.45, 7) is 0. The van der Waals surface area contributed by atoms with E-state index in [0.717, 1.165) is 5.56 Å². The highest BCUT2D eigenvalue weighted by molar-refractivity contribution is 6.31. The predicted octanol–water partition coefficient (Wildman–Crippen LogP) is 4.84. The Morgan fingerprint density at radius 1 is 1.03 bits per heavy atom.